The van der Waals surface area contributed by atoms with Gasteiger partial charge in [0.1, 0.15) is 17.2 Å². The van der Waals surface area contributed by atoms with Crippen LogP contribution in [-0.4, -0.2) is 55.3 Å². The van der Waals surface area contributed by atoms with E-state index in [-0.39, 0.29) is 29.5 Å². The second kappa shape index (κ2) is 10.7. The van der Waals surface area contributed by atoms with Gasteiger partial charge in [-0.25, -0.2) is 0 Å². The summed E-state index contributed by atoms with van der Waals surface area (Å²) in [4.78, 5) is 11.0. The number of ether oxygens (including phenoxy) is 5. The highest BCUT2D eigenvalue weighted by Gasteiger charge is 2.38. The van der Waals surface area contributed by atoms with E-state index in [1.165, 1.54) is 14.2 Å². The largest absolute Gasteiger partial charge is 0.496 e. The molecule has 34 heavy (non-hydrogen) atoms. The van der Waals surface area contributed by atoms with Gasteiger partial charge in [0, 0.05) is 28.5 Å². The Morgan fingerprint density at radius 3 is 1.79 bits per heavy atom. The minimum atomic E-state index is -2.15. The molecule has 0 aliphatic heterocycles. The van der Waals surface area contributed by atoms with E-state index in [9.17, 15) is 10.1 Å². The average molecular weight is 496 g/mol. The topological polar surface area (TPSA) is 98.5 Å². The van der Waals surface area contributed by atoms with Crippen molar-refractivity contribution in [1.82, 2.24) is 0 Å². The van der Waals surface area contributed by atoms with Gasteiger partial charge in [-0.05, 0) is 18.1 Å². The lowest BCUT2D eigenvalue weighted by Crippen LogP contribution is -2.40. The Hall–Kier alpha value is -2.72. The van der Waals surface area contributed by atoms with Gasteiger partial charge >= 0.3 is 0 Å². The fourth-order valence-corrected chi connectivity index (χ4v) is 4.63. The Kier molecular flexibility index (Phi) is 8.65. The third kappa shape index (κ3) is 5.17. The van der Waals surface area contributed by atoms with E-state index in [0.29, 0.717) is 50.6 Å². The summed E-state index contributed by atoms with van der Waals surface area (Å²) >= 11 is 0. The minimum Gasteiger partial charge on any atom is -0.496 e. The molecule has 0 amide bonds. The number of nitrogens with zero attached hydrogens (tertiary/aromatic N) is 1. The highest BCUT2D eigenvalue weighted by Crippen LogP contribution is 2.53. The van der Waals surface area contributed by atoms with E-state index in [0.717, 1.165) is 0 Å². The Morgan fingerprint density at radius 1 is 0.824 bits per heavy atom. The van der Waals surface area contributed by atoms with Crippen molar-refractivity contribution in [3.8, 4) is 28.7 Å². The maximum atomic E-state index is 11.3. The molecule has 9 nitrogen and oxygen atoms in total. The standard InChI is InChI=1S/C24H37NO8Si/c1-24(2,3)34(9,10)33-14-16-15(11-12-25(26)27)21(30-6)19-17(28-4)13-18(29-5)23(32-8)20(19)22(16)31-7/h13H,11-12,14H2,1-10H3. The molecule has 2 aromatic carbocycles. The molecule has 0 radical (unpaired) electrons. The van der Waals surface area contributed by atoms with E-state index in [2.05, 4.69) is 33.9 Å². The molecule has 0 saturated carbocycles. The monoisotopic (exact) mass is 495 g/mol. The van der Waals surface area contributed by atoms with E-state index >= 15 is 0 Å². The Balaban J connectivity index is 3.00. The van der Waals surface area contributed by atoms with Crippen LogP contribution in [0.4, 0.5) is 0 Å². The zero-order valence-corrected chi connectivity index (χ0v) is 22.9. The summed E-state index contributed by atoms with van der Waals surface area (Å²) in [5.74, 6) is 2.33. The van der Waals surface area contributed by atoms with Gasteiger partial charge in [0.2, 0.25) is 6.54 Å². The molecule has 2 rings (SSSR count). The quantitative estimate of drug-likeness (QED) is 0.238. The molecule has 0 bridgehead atoms. The van der Waals surface area contributed by atoms with Crippen LogP contribution in [0.15, 0.2) is 6.07 Å². The minimum absolute atomic E-state index is 0.0215. The molecule has 0 aromatic heterocycles. The maximum absolute atomic E-state index is 11.3. The van der Waals surface area contributed by atoms with Crippen LogP contribution in [0.1, 0.15) is 31.9 Å². The zero-order chi connectivity index (χ0) is 25.8. The number of methoxy groups -OCH3 is 5. The molecule has 0 saturated heterocycles. The predicted octanol–water partition coefficient (Wildman–Crippen LogP) is 5.22. The summed E-state index contributed by atoms with van der Waals surface area (Å²) in [6, 6.07) is 1.70. The lowest BCUT2D eigenvalue weighted by atomic mass is 9.94. The SMILES string of the molecule is COc1cc(OC)c2c(OC)c(CC[N+](=O)[O-])c(CO[Si](C)(C)C(C)(C)C)c(OC)c2c1OC. The Morgan fingerprint density at radius 2 is 1.35 bits per heavy atom. The van der Waals surface area contributed by atoms with Crippen molar-refractivity contribution >= 4 is 19.1 Å². The van der Waals surface area contributed by atoms with E-state index < -0.39 is 8.32 Å². The van der Waals surface area contributed by atoms with Crippen LogP contribution in [-0.2, 0) is 17.5 Å². The van der Waals surface area contributed by atoms with Gasteiger partial charge in [-0.15, -0.1) is 0 Å². The summed E-state index contributed by atoms with van der Waals surface area (Å²) in [5.41, 5.74) is 1.33. The first-order valence-electron chi connectivity index (χ1n) is 11.0. The molecule has 0 unspecified atom stereocenters. The van der Waals surface area contributed by atoms with Gasteiger partial charge in [0.25, 0.3) is 0 Å². The van der Waals surface area contributed by atoms with Gasteiger partial charge < -0.3 is 28.1 Å². The normalized spacial score (nSPS) is 11.9. The molecule has 0 N–H and O–H groups in total. The van der Waals surface area contributed by atoms with Crippen LogP contribution in [0.25, 0.3) is 10.8 Å². The second-order valence-electron chi connectivity index (χ2n) is 9.44. The van der Waals surface area contributed by atoms with Gasteiger partial charge in [-0.2, -0.15) is 0 Å². The van der Waals surface area contributed by atoms with Crippen molar-refractivity contribution < 1.29 is 33.0 Å². The molecular formula is C24H37NO8Si. The highest BCUT2D eigenvalue weighted by atomic mass is 28.4. The van der Waals surface area contributed by atoms with Gasteiger partial charge in [-0.3, -0.25) is 10.1 Å². The number of rotatable bonds is 11. The van der Waals surface area contributed by atoms with Crippen LogP contribution in [0.2, 0.25) is 18.1 Å². The van der Waals surface area contributed by atoms with Gasteiger partial charge in [0.15, 0.2) is 19.8 Å². The van der Waals surface area contributed by atoms with Gasteiger partial charge in [-0.1, -0.05) is 20.8 Å². The van der Waals surface area contributed by atoms with Crippen molar-refractivity contribution in [2.45, 2.75) is 51.9 Å². The van der Waals surface area contributed by atoms with E-state index in [4.69, 9.17) is 28.1 Å². The van der Waals surface area contributed by atoms with Crippen LogP contribution >= 0.6 is 0 Å². The third-order valence-electron chi connectivity index (χ3n) is 6.56. The third-order valence-corrected chi connectivity index (χ3v) is 11.0. The van der Waals surface area contributed by atoms with Crippen LogP contribution in [0, 0.1) is 10.1 Å². The smallest absolute Gasteiger partial charge is 0.208 e. The molecular weight excluding hydrogens is 458 g/mol. The highest BCUT2D eigenvalue weighted by molar-refractivity contribution is 6.74. The Bertz CT molecular complexity index is 1050. The number of fused-ring (bicyclic) bond motifs is 1. The number of hydrogen-bond donors (Lipinski definition) is 0. The molecule has 190 valence electrons. The first-order chi connectivity index (χ1) is 15.9. The molecule has 0 spiro atoms. The molecule has 0 fully saturated rings. The number of benzene rings is 2. The van der Waals surface area contributed by atoms with Crippen molar-refractivity contribution in [3.05, 3.63) is 27.3 Å². The fraction of sp³-hybridized carbons (Fsp3) is 0.583. The predicted molar refractivity (Wildman–Crippen MR) is 134 cm³/mol. The van der Waals surface area contributed by atoms with Crippen LogP contribution < -0.4 is 23.7 Å². The first kappa shape index (κ1) is 27.5. The van der Waals surface area contributed by atoms with Crippen LogP contribution in [0.3, 0.4) is 0 Å². The molecule has 0 heterocycles. The lowest BCUT2D eigenvalue weighted by molar-refractivity contribution is -0.479. The van der Waals surface area contributed by atoms with Crippen molar-refractivity contribution in [3.63, 3.8) is 0 Å². The lowest BCUT2D eigenvalue weighted by Gasteiger charge is -2.36. The summed E-state index contributed by atoms with van der Waals surface area (Å²) in [7, 11) is 5.56. The average Bonchev–Trinajstić information content (AvgIpc) is 2.78. The maximum Gasteiger partial charge on any atom is 0.208 e. The summed E-state index contributed by atoms with van der Waals surface area (Å²) in [6.07, 6.45) is 0.135. The summed E-state index contributed by atoms with van der Waals surface area (Å²) in [6.45, 7) is 10.7. The molecule has 10 heteroatoms. The second-order valence-corrected chi connectivity index (χ2v) is 14.3. The molecule has 2 aromatic rings. The van der Waals surface area contributed by atoms with Crippen molar-refractivity contribution in [1.29, 1.82) is 0 Å². The molecule has 0 aliphatic carbocycles. The summed E-state index contributed by atoms with van der Waals surface area (Å²) in [5, 5.41) is 12.5. The van der Waals surface area contributed by atoms with Gasteiger partial charge in [0.05, 0.1) is 52.9 Å². The number of hydrogen-bond acceptors (Lipinski definition) is 8. The fourth-order valence-electron chi connectivity index (χ4n) is 3.69. The van der Waals surface area contributed by atoms with Crippen LogP contribution in [0.5, 0.6) is 28.7 Å². The zero-order valence-electron chi connectivity index (χ0n) is 21.9. The molecule has 0 atom stereocenters. The van der Waals surface area contributed by atoms with E-state index in [1.807, 2.05) is 0 Å². The van der Waals surface area contributed by atoms with Crippen molar-refractivity contribution in [2.24, 2.45) is 0 Å². The van der Waals surface area contributed by atoms with Crippen molar-refractivity contribution in [2.75, 3.05) is 42.1 Å². The summed E-state index contributed by atoms with van der Waals surface area (Å²) < 4.78 is 35.2. The Labute approximate surface area is 202 Å². The number of nitro groups is 1. The van der Waals surface area contributed by atoms with E-state index in [1.54, 1.807) is 27.4 Å². The first-order valence-corrected chi connectivity index (χ1v) is 13.9. The molecule has 0 aliphatic rings.